The monoisotopic (exact) mass is 309 g/mol. The van der Waals surface area contributed by atoms with Crippen molar-refractivity contribution in [3.05, 3.63) is 48.4 Å². The van der Waals surface area contributed by atoms with Crippen molar-refractivity contribution in [2.45, 2.75) is 33.4 Å². The molecule has 1 N–H and O–H groups in total. The highest BCUT2D eigenvalue weighted by Crippen LogP contribution is 2.21. The van der Waals surface area contributed by atoms with Gasteiger partial charge in [-0.15, -0.1) is 0 Å². The number of aryl methyl sites for hydroxylation is 2. The van der Waals surface area contributed by atoms with Gasteiger partial charge in [-0.3, -0.25) is 9.67 Å². The molecule has 0 amide bonds. The van der Waals surface area contributed by atoms with Crippen molar-refractivity contribution < 1.29 is 0 Å². The predicted octanol–water partition coefficient (Wildman–Crippen LogP) is 2.25. The van der Waals surface area contributed by atoms with Crippen LogP contribution in [0.2, 0.25) is 0 Å². The molecule has 118 valence electrons. The Morgan fingerprint density at radius 2 is 2.04 bits per heavy atom. The molecule has 7 nitrogen and oxygen atoms in total. The third kappa shape index (κ3) is 3.68. The van der Waals surface area contributed by atoms with Crippen LogP contribution in [0.25, 0.3) is 11.3 Å². The molecule has 0 aliphatic heterocycles. The van der Waals surface area contributed by atoms with Gasteiger partial charge in [0.15, 0.2) is 0 Å². The quantitative estimate of drug-likeness (QED) is 0.778. The van der Waals surface area contributed by atoms with Gasteiger partial charge in [0.2, 0.25) is 5.95 Å². The fourth-order valence-corrected chi connectivity index (χ4v) is 2.41. The van der Waals surface area contributed by atoms with Crippen LogP contribution in [-0.4, -0.2) is 35.8 Å². The van der Waals surface area contributed by atoms with Crippen LogP contribution in [0.3, 0.4) is 0 Å². The third-order valence-corrected chi connectivity index (χ3v) is 3.46. The molecule has 3 rings (SSSR count). The molecule has 0 unspecified atom stereocenters. The molecule has 3 aromatic heterocycles. The highest BCUT2D eigenvalue weighted by Gasteiger charge is 2.09. The number of hydrogen-bond donors (Lipinski definition) is 1. The summed E-state index contributed by atoms with van der Waals surface area (Å²) in [5, 5.41) is 7.39. The van der Waals surface area contributed by atoms with Gasteiger partial charge in [-0.1, -0.05) is 0 Å². The zero-order valence-electron chi connectivity index (χ0n) is 13.4. The Morgan fingerprint density at radius 3 is 2.78 bits per heavy atom. The van der Waals surface area contributed by atoms with E-state index in [-0.39, 0.29) is 6.04 Å². The predicted molar refractivity (Wildman–Crippen MR) is 87.8 cm³/mol. The van der Waals surface area contributed by atoms with E-state index in [9.17, 15) is 0 Å². The Kier molecular flexibility index (Phi) is 4.27. The SMILES string of the molecule is Cc1ccc(-c2ccnc(N[C@@H](C)Cn3cncn3)n2)c(C)n1. The summed E-state index contributed by atoms with van der Waals surface area (Å²) in [5.41, 5.74) is 3.84. The standard InChI is InChI=1S/C16H19N7/c1-11-4-5-14(13(3)20-11)15-6-7-18-16(22-15)21-12(2)8-23-10-17-9-19-23/h4-7,9-10,12H,8H2,1-3H3,(H,18,21,22)/t12-/m0/s1. The Hall–Kier alpha value is -2.83. The molecule has 0 radical (unpaired) electrons. The van der Waals surface area contributed by atoms with Crippen molar-refractivity contribution >= 4 is 5.95 Å². The minimum atomic E-state index is 0.129. The van der Waals surface area contributed by atoms with E-state index in [1.54, 1.807) is 17.2 Å². The van der Waals surface area contributed by atoms with Crippen LogP contribution >= 0.6 is 0 Å². The third-order valence-electron chi connectivity index (χ3n) is 3.46. The average molecular weight is 309 g/mol. The lowest BCUT2D eigenvalue weighted by Crippen LogP contribution is -2.23. The highest BCUT2D eigenvalue weighted by atomic mass is 15.3. The van der Waals surface area contributed by atoms with Gasteiger partial charge in [0, 0.05) is 29.2 Å². The van der Waals surface area contributed by atoms with E-state index < -0.39 is 0 Å². The summed E-state index contributed by atoms with van der Waals surface area (Å²) in [4.78, 5) is 17.3. The number of anilines is 1. The molecular weight excluding hydrogens is 290 g/mol. The first-order chi connectivity index (χ1) is 11.1. The Balaban J connectivity index is 1.77. The zero-order chi connectivity index (χ0) is 16.2. The molecule has 0 aliphatic rings. The summed E-state index contributed by atoms with van der Waals surface area (Å²) in [6.07, 6.45) is 4.97. The second kappa shape index (κ2) is 6.51. The maximum absolute atomic E-state index is 4.60. The molecule has 0 aliphatic carbocycles. The molecule has 0 aromatic carbocycles. The van der Waals surface area contributed by atoms with Crippen LogP contribution in [0.5, 0.6) is 0 Å². The summed E-state index contributed by atoms with van der Waals surface area (Å²) in [6, 6.07) is 6.06. The second-order valence-corrected chi connectivity index (χ2v) is 5.51. The smallest absolute Gasteiger partial charge is 0.223 e. The fourth-order valence-electron chi connectivity index (χ4n) is 2.41. The minimum Gasteiger partial charge on any atom is -0.350 e. The van der Waals surface area contributed by atoms with E-state index in [1.807, 2.05) is 32.0 Å². The lowest BCUT2D eigenvalue weighted by Gasteiger charge is -2.14. The fraction of sp³-hybridized carbons (Fsp3) is 0.312. The van der Waals surface area contributed by atoms with Gasteiger partial charge in [0.1, 0.15) is 12.7 Å². The topological polar surface area (TPSA) is 81.4 Å². The van der Waals surface area contributed by atoms with Crippen LogP contribution in [0.4, 0.5) is 5.95 Å². The number of rotatable bonds is 5. The molecule has 0 saturated carbocycles. The summed E-state index contributed by atoms with van der Waals surface area (Å²) in [7, 11) is 0. The lowest BCUT2D eigenvalue weighted by atomic mass is 10.1. The molecule has 1 atom stereocenters. The lowest BCUT2D eigenvalue weighted by molar-refractivity contribution is 0.557. The first-order valence-electron chi connectivity index (χ1n) is 7.48. The van der Waals surface area contributed by atoms with Crippen LogP contribution < -0.4 is 5.32 Å². The van der Waals surface area contributed by atoms with Crippen molar-refractivity contribution in [1.82, 2.24) is 29.7 Å². The number of pyridine rings is 1. The van der Waals surface area contributed by atoms with E-state index in [1.165, 1.54) is 6.33 Å². The summed E-state index contributed by atoms with van der Waals surface area (Å²) in [5.74, 6) is 0.593. The summed E-state index contributed by atoms with van der Waals surface area (Å²) in [6.45, 7) is 6.72. The van der Waals surface area contributed by atoms with Gasteiger partial charge < -0.3 is 5.32 Å². The van der Waals surface area contributed by atoms with Crippen molar-refractivity contribution in [3.8, 4) is 11.3 Å². The number of nitrogens with one attached hydrogen (secondary N) is 1. The van der Waals surface area contributed by atoms with Gasteiger partial charge >= 0.3 is 0 Å². The van der Waals surface area contributed by atoms with Crippen LogP contribution in [0.15, 0.2) is 37.1 Å². The van der Waals surface area contributed by atoms with E-state index >= 15 is 0 Å². The van der Waals surface area contributed by atoms with Crippen LogP contribution in [0.1, 0.15) is 18.3 Å². The molecule has 0 bridgehead atoms. The van der Waals surface area contributed by atoms with Gasteiger partial charge in [0.25, 0.3) is 0 Å². The highest BCUT2D eigenvalue weighted by molar-refractivity contribution is 5.62. The van der Waals surface area contributed by atoms with Gasteiger partial charge in [-0.2, -0.15) is 5.10 Å². The normalized spacial score (nSPS) is 12.1. The molecule has 7 heteroatoms. The van der Waals surface area contributed by atoms with Crippen molar-refractivity contribution in [2.24, 2.45) is 0 Å². The van der Waals surface area contributed by atoms with Gasteiger partial charge in [-0.25, -0.2) is 15.0 Å². The maximum Gasteiger partial charge on any atom is 0.223 e. The van der Waals surface area contributed by atoms with Crippen LogP contribution in [0, 0.1) is 13.8 Å². The first kappa shape index (κ1) is 15.1. The average Bonchev–Trinajstić information content (AvgIpc) is 3.00. The van der Waals surface area contributed by atoms with Crippen molar-refractivity contribution in [3.63, 3.8) is 0 Å². The molecular formula is C16H19N7. The van der Waals surface area contributed by atoms with Gasteiger partial charge in [-0.05, 0) is 39.0 Å². The molecule has 0 fully saturated rings. The Morgan fingerprint density at radius 1 is 1.17 bits per heavy atom. The molecule has 0 saturated heterocycles. The zero-order valence-corrected chi connectivity index (χ0v) is 13.4. The van der Waals surface area contributed by atoms with E-state index in [0.717, 1.165) is 22.6 Å². The first-order valence-corrected chi connectivity index (χ1v) is 7.48. The van der Waals surface area contributed by atoms with E-state index in [2.05, 4.69) is 37.3 Å². The largest absolute Gasteiger partial charge is 0.350 e. The maximum atomic E-state index is 4.60. The van der Waals surface area contributed by atoms with E-state index in [4.69, 9.17) is 0 Å². The molecule has 23 heavy (non-hydrogen) atoms. The number of hydrogen-bond acceptors (Lipinski definition) is 6. The van der Waals surface area contributed by atoms with E-state index in [0.29, 0.717) is 12.5 Å². The van der Waals surface area contributed by atoms with Crippen molar-refractivity contribution in [2.75, 3.05) is 5.32 Å². The number of aromatic nitrogens is 6. The molecule has 3 heterocycles. The molecule has 3 aromatic rings. The van der Waals surface area contributed by atoms with Crippen molar-refractivity contribution in [1.29, 1.82) is 0 Å². The summed E-state index contributed by atoms with van der Waals surface area (Å²) >= 11 is 0. The van der Waals surface area contributed by atoms with Gasteiger partial charge in [0.05, 0.1) is 12.2 Å². The van der Waals surface area contributed by atoms with Crippen LogP contribution in [-0.2, 0) is 6.54 Å². The Labute approximate surface area is 134 Å². The second-order valence-electron chi connectivity index (χ2n) is 5.51. The minimum absolute atomic E-state index is 0.129. The summed E-state index contributed by atoms with van der Waals surface area (Å²) < 4.78 is 1.77. The molecule has 0 spiro atoms. The number of nitrogens with zero attached hydrogens (tertiary/aromatic N) is 6. The Bertz CT molecular complexity index is 783.